The number of carboxylic acid groups (broad SMARTS) is 1. The van der Waals surface area contributed by atoms with E-state index in [0.717, 1.165) is 16.0 Å². The second-order valence-corrected chi connectivity index (χ2v) is 11.7. The summed E-state index contributed by atoms with van der Waals surface area (Å²) in [6.45, 7) is 1.78. The standard InChI is InChI=1S/C25H24ClNO4S2/c1-17-7-13-21(14-8-17)33(30,31)27-16-22(25(28)29)24(32-20-5-3-2-4-6-20)15-23(27)18-9-11-19(26)12-10-18/h2-14,22-24H,15-16H2,1H3,(H,28,29)/t22-,23+,24-/m1/s1. The molecule has 0 aliphatic carbocycles. The highest BCUT2D eigenvalue weighted by Gasteiger charge is 2.45. The molecule has 0 bridgehead atoms. The summed E-state index contributed by atoms with van der Waals surface area (Å²) in [4.78, 5) is 13.4. The number of aryl methyl sites for hydroxylation is 1. The molecule has 0 unspecified atom stereocenters. The van der Waals surface area contributed by atoms with Crippen LogP contribution < -0.4 is 0 Å². The van der Waals surface area contributed by atoms with Crippen molar-refractivity contribution >= 4 is 39.4 Å². The van der Waals surface area contributed by atoms with Crippen molar-refractivity contribution in [1.82, 2.24) is 4.31 Å². The Morgan fingerprint density at radius 3 is 2.24 bits per heavy atom. The van der Waals surface area contributed by atoms with Crippen molar-refractivity contribution in [1.29, 1.82) is 0 Å². The molecule has 1 aliphatic rings. The number of carboxylic acids is 1. The van der Waals surface area contributed by atoms with Crippen molar-refractivity contribution < 1.29 is 18.3 Å². The molecular weight excluding hydrogens is 478 g/mol. The molecule has 1 saturated heterocycles. The van der Waals surface area contributed by atoms with Gasteiger partial charge in [0.1, 0.15) is 0 Å². The quantitative estimate of drug-likeness (QED) is 0.472. The summed E-state index contributed by atoms with van der Waals surface area (Å²) in [6, 6.07) is 22.8. The summed E-state index contributed by atoms with van der Waals surface area (Å²) in [5.74, 6) is -1.85. The van der Waals surface area contributed by atoms with Crippen LogP contribution in [0.2, 0.25) is 5.02 Å². The zero-order chi connectivity index (χ0) is 23.6. The average Bonchev–Trinajstić information content (AvgIpc) is 2.80. The first kappa shape index (κ1) is 23.8. The number of sulfonamides is 1. The van der Waals surface area contributed by atoms with E-state index in [1.165, 1.54) is 16.1 Å². The number of benzene rings is 3. The van der Waals surface area contributed by atoms with Gasteiger partial charge in [0.15, 0.2) is 0 Å². The predicted octanol–water partition coefficient (Wildman–Crippen LogP) is 5.65. The van der Waals surface area contributed by atoms with Crippen molar-refractivity contribution in [2.45, 2.75) is 34.4 Å². The van der Waals surface area contributed by atoms with Crippen LogP contribution in [0.1, 0.15) is 23.6 Å². The van der Waals surface area contributed by atoms with E-state index in [2.05, 4.69) is 0 Å². The third-order valence-electron chi connectivity index (χ3n) is 5.86. The summed E-state index contributed by atoms with van der Waals surface area (Å²) in [5, 5.41) is 10.3. The van der Waals surface area contributed by atoms with Gasteiger partial charge in [-0.1, -0.05) is 59.6 Å². The summed E-state index contributed by atoms with van der Waals surface area (Å²) >= 11 is 7.56. The smallest absolute Gasteiger partial charge is 0.308 e. The zero-order valence-electron chi connectivity index (χ0n) is 18.0. The Labute approximate surface area is 203 Å². The number of piperidine rings is 1. The van der Waals surface area contributed by atoms with Crippen LogP contribution in [0.4, 0.5) is 0 Å². The lowest BCUT2D eigenvalue weighted by Crippen LogP contribution is -2.49. The van der Waals surface area contributed by atoms with Crippen LogP contribution in [0.15, 0.2) is 88.7 Å². The predicted molar refractivity (Wildman–Crippen MR) is 131 cm³/mol. The van der Waals surface area contributed by atoms with Crippen molar-refractivity contribution in [3.05, 3.63) is 95.0 Å². The molecule has 33 heavy (non-hydrogen) atoms. The Morgan fingerprint density at radius 2 is 1.64 bits per heavy atom. The SMILES string of the molecule is Cc1ccc(S(=O)(=O)N2C[C@@H](C(=O)O)[C@H](Sc3ccccc3)C[C@H]2c2ccc(Cl)cc2)cc1. The lowest BCUT2D eigenvalue weighted by molar-refractivity contribution is -0.143. The normalized spacial score (nSPS) is 21.6. The Morgan fingerprint density at radius 1 is 1.00 bits per heavy atom. The maximum absolute atomic E-state index is 13.7. The van der Waals surface area contributed by atoms with E-state index in [1.54, 1.807) is 36.4 Å². The van der Waals surface area contributed by atoms with Crippen LogP contribution in [0.3, 0.4) is 0 Å². The number of carbonyl (C=O) groups is 1. The van der Waals surface area contributed by atoms with Crippen molar-refractivity contribution in [2.75, 3.05) is 6.54 Å². The van der Waals surface area contributed by atoms with Gasteiger partial charge in [0, 0.05) is 21.7 Å². The molecule has 0 aromatic heterocycles. The van der Waals surface area contributed by atoms with Gasteiger partial charge in [-0.05, 0) is 55.3 Å². The zero-order valence-corrected chi connectivity index (χ0v) is 20.4. The Kier molecular flexibility index (Phi) is 7.14. The topological polar surface area (TPSA) is 74.7 Å². The van der Waals surface area contributed by atoms with Crippen LogP contribution in [0.25, 0.3) is 0 Å². The minimum Gasteiger partial charge on any atom is -0.481 e. The van der Waals surface area contributed by atoms with Crippen LogP contribution in [0, 0.1) is 12.8 Å². The molecule has 3 aromatic carbocycles. The van der Waals surface area contributed by atoms with Crippen molar-refractivity contribution in [3.8, 4) is 0 Å². The third kappa shape index (κ3) is 5.27. The number of aliphatic carboxylic acids is 1. The van der Waals surface area contributed by atoms with Gasteiger partial charge in [-0.15, -0.1) is 11.8 Å². The van der Waals surface area contributed by atoms with E-state index in [9.17, 15) is 18.3 Å². The second-order valence-electron chi connectivity index (χ2n) is 8.10. The summed E-state index contributed by atoms with van der Waals surface area (Å²) in [6.07, 6.45) is 0.364. The van der Waals surface area contributed by atoms with E-state index in [-0.39, 0.29) is 16.7 Å². The van der Waals surface area contributed by atoms with Gasteiger partial charge in [-0.3, -0.25) is 4.79 Å². The van der Waals surface area contributed by atoms with Gasteiger partial charge < -0.3 is 5.11 Å². The summed E-state index contributed by atoms with van der Waals surface area (Å²) < 4.78 is 28.7. The second kappa shape index (κ2) is 9.89. The first-order chi connectivity index (χ1) is 15.8. The Balaban J connectivity index is 1.76. The minimum atomic E-state index is -3.92. The van der Waals surface area contributed by atoms with Gasteiger partial charge >= 0.3 is 5.97 Å². The van der Waals surface area contributed by atoms with Crippen LogP contribution in [-0.4, -0.2) is 35.6 Å². The molecule has 1 fully saturated rings. The molecule has 0 amide bonds. The fourth-order valence-electron chi connectivity index (χ4n) is 4.08. The Hall–Kier alpha value is -2.32. The maximum atomic E-state index is 13.7. The van der Waals surface area contributed by atoms with Gasteiger partial charge in [0.05, 0.1) is 16.9 Å². The molecule has 0 spiro atoms. The molecular formula is C25H24ClNO4S2. The summed E-state index contributed by atoms with van der Waals surface area (Å²) in [5.41, 5.74) is 1.74. The fourth-order valence-corrected chi connectivity index (χ4v) is 7.17. The molecule has 1 aliphatic heterocycles. The van der Waals surface area contributed by atoms with Crippen LogP contribution in [0.5, 0.6) is 0 Å². The number of hydrogen-bond donors (Lipinski definition) is 1. The molecule has 4 rings (SSSR count). The van der Waals surface area contributed by atoms with Crippen molar-refractivity contribution in [2.24, 2.45) is 5.92 Å². The number of thioether (sulfide) groups is 1. The van der Waals surface area contributed by atoms with E-state index in [1.807, 2.05) is 49.4 Å². The molecule has 8 heteroatoms. The Bertz CT molecular complexity index is 1220. The maximum Gasteiger partial charge on any atom is 0.308 e. The first-order valence-corrected chi connectivity index (χ1v) is 13.2. The molecule has 0 saturated carbocycles. The molecule has 3 aromatic rings. The van der Waals surface area contributed by atoms with E-state index >= 15 is 0 Å². The largest absolute Gasteiger partial charge is 0.481 e. The monoisotopic (exact) mass is 501 g/mol. The molecule has 172 valence electrons. The summed E-state index contributed by atoms with van der Waals surface area (Å²) in [7, 11) is -3.92. The van der Waals surface area contributed by atoms with Gasteiger partial charge in [-0.2, -0.15) is 4.31 Å². The minimum absolute atomic E-state index is 0.108. The van der Waals surface area contributed by atoms with Crippen LogP contribution in [-0.2, 0) is 14.8 Å². The highest BCUT2D eigenvalue weighted by Crippen LogP contribution is 2.44. The number of halogens is 1. The highest BCUT2D eigenvalue weighted by atomic mass is 35.5. The molecule has 0 radical (unpaired) electrons. The average molecular weight is 502 g/mol. The lowest BCUT2D eigenvalue weighted by atomic mass is 9.90. The molecule has 5 nitrogen and oxygen atoms in total. The number of rotatable bonds is 6. The number of hydrogen-bond acceptors (Lipinski definition) is 4. The van der Waals surface area contributed by atoms with Crippen LogP contribution >= 0.6 is 23.4 Å². The van der Waals surface area contributed by atoms with E-state index < -0.39 is 28.0 Å². The van der Waals surface area contributed by atoms with Gasteiger partial charge in [0.25, 0.3) is 0 Å². The van der Waals surface area contributed by atoms with Crippen molar-refractivity contribution in [3.63, 3.8) is 0 Å². The van der Waals surface area contributed by atoms with Gasteiger partial charge in [-0.25, -0.2) is 8.42 Å². The molecule has 1 N–H and O–H groups in total. The van der Waals surface area contributed by atoms with Gasteiger partial charge in [0.2, 0.25) is 10.0 Å². The third-order valence-corrected chi connectivity index (χ3v) is 9.37. The van der Waals surface area contributed by atoms with E-state index in [4.69, 9.17) is 11.6 Å². The lowest BCUT2D eigenvalue weighted by Gasteiger charge is -2.41. The van der Waals surface area contributed by atoms with E-state index in [0.29, 0.717) is 11.4 Å². The number of nitrogens with zero attached hydrogens (tertiary/aromatic N) is 1. The molecule has 1 heterocycles. The molecule has 3 atom stereocenters. The fraction of sp³-hybridized carbons (Fsp3) is 0.240. The first-order valence-electron chi connectivity index (χ1n) is 10.5. The highest BCUT2D eigenvalue weighted by molar-refractivity contribution is 8.00.